The molecule has 0 N–H and O–H groups in total. The van der Waals surface area contributed by atoms with Crippen molar-refractivity contribution >= 4 is 17.5 Å². The summed E-state index contributed by atoms with van der Waals surface area (Å²) in [5, 5.41) is 0. The molecule has 5 heteroatoms. The van der Waals surface area contributed by atoms with Crippen molar-refractivity contribution in [1.82, 2.24) is 9.13 Å². The Hall–Kier alpha value is -1.75. The second-order valence-corrected chi connectivity index (χ2v) is 5.74. The van der Waals surface area contributed by atoms with E-state index in [1.807, 2.05) is 32.2 Å². The molecule has 0 aliphatic rings. The van der Waals surface area contributed by atoms with Gasteiger partial charge in [0.2, 0.25) is 0 Å². The van der Waals surface area contributed by atoms with Crippen LogP contribution in [0.25, 0.3) is 0 Å². The van der Waals surface area contributed by atoms with Gasteiger partial charge in [0.25, 0.3) is 0 Å². The van der Waals surface area contributed by atoms with Gasteiger partial charge in [-0.3, -0.25) is 13.9 Å². The molecule has 2 rings (SSSR count). The lowest BCUT2D eigenvalue weighted by atomic mass is 10.1. The lowest BCUT2D eigenvalue weighted by molar-refractivity contribution is 0.0970. The van der Waals surface area contributed by atoms with Crippen LogP contribution < -0.4 is 5.69 Å². The summed E-state index contributed by atoms with van der Waals surface area (Å²) in [7, 11) is 0. The molecule has 1 aromatic carbocycles. The van der Waals surface area contributed by atoms with Crippen LogP contribution in [0.4, 0.5) is 0 Å². The van der Waals surface area contributed by atoms with Crippen LogP contribution in [-0.4, -0.2) is 21.2 Å². The molecule has 0 saturated carbocycles. The van der Waals surface area contributed by atoms with Gasteiger partial charge in [-0.1, -0.05) is 12.1 Å². The number of ketones is 1. The molecule has 0 atom stereocenters. The Morgan fingerprint density at radius 1 is 1.20 bits per heavy atom. The minimum Gasteiger partial charge on any atom is -0.297 e. The summed E-state index contributed by atoms with van der Waals surface area (Å²) in [6.07, 6.45) is 5.37. The smallest absolute Gasteiger partial charge is 0.297 e. The second-order valence-electron chi connectivity index (χ2n) is 4.86. The Kier molecular flexibility index (Phi) is 4.49. The summed E-state index contributed by atoms with van der Waals surface area (Å²) >= 11 is 1.63. The van der Waals surface area contributed by atoms with Crippen molar-refractivity contribution in [3.8, 4) is 0 Å². The Bertz CT molecular complexity index is 653. The van der Waals surface area contributed by atoms with Crippen molar-refractivity contribution in [2.24, 2.45) is 0 Å². The van der Waals surface area contributed by atoms with Crippen LogP contribution in [0.1, 0.15) is 30.2 Å². The topological polar surface area (TPSA) is 44.0 Å². The second kappa shape index (κ2) is 6.13. The first-order valence-electron chi connectivity index (χ1n) is 6.47. The predicted octanol–water partition coefficient (Wildman–Crippen LogP) is 2.84. The average molecular weight is 290 g/mol. The molecule has 1 heterocycles. The van der Waals surface area contributed by atoms with Crippen molar-refractivity contribution in [2.75, 3.05) is 6.26 Å². The lowest BCUT2D eigenvalue weighted by Crippen LogP contribution is -2.27. The highest BCUT2D eigenvalue weighted by atomic mass is 32.2. The molecular weight excluding hydrogens is 272 g/mol. The number of carbonyl (C=O) groups excluding carboxylic acids is 1. The zero-order chi connectivity index (χ0) is 14.7. The largest absolute Gasteiger partial charge is 0.328 e. The van der Waals surface area contributed by atoms with Crippen LogP contribution in [0.15, 0.2) is 46.3 Å². The maximum atomic E-state index is 12.2. The fraction of sp³-hybridized carbons (Fsp3) is 0.333. The molecule has 4 nitrogen and oxygen atoms in total. The summed E-state index contributed by atoms with van der Waals surface area (Å²) in [6, 6.07) is 7.54. The molecule has 0 radical (unpaired) electrons. The fourth-order valence-corrected chi connectivity index (χ4v) is 2.37. The zero-order valence-corrected chi connectivity index (χ0v) is 12.7. The first-order valence-corrected chi connectivity index (χ1v) is 7.70. The van der Waals surface area contributed by atoms with Crippen molar-refractivity contribution in [3.05, 3.63) is 52.7 Å². The summed E-state index contributed by atoms with van der Waals surface area (Å²) in [6.45, 7) is 3.96. The van der Waals surface area contributed by atoms with Gasteiger partial charge < -0.3 is 0 Å². The van der Waals surface area contributed by atoms with Gasteiger partial charge in [0.1, 0.15) is 0 Å². The third kappa shape index (κ3) is 3.04. The molecule has 0 aliphatic carbocycles. The van der Waals surface area contributed by atoms with Gasteiger partial charge in [0, 0.05) is 28.9 Å². The van der Waals surface area contributed by atoms with Gasteiger partial charge in [-0.2, -0.15) is 0 Å². The normalized spacial score (nSPS) is 11.0. The van der Waals surface area contributed by atoms with Gasteiger partial charge in [-0.05, 0) is 32.2 Å². The summed E-state index contributed by atoms with van der Waals surface area (Å²) in [4.78, 5) is 25.3. The minimum absolute atomic E-state index is 0.0544. The molecule has 0 bridgehead atoms. The minimum atomic E-state index is -0.144. The molecular formula is C15H18N2O2S. The van der Waals surface area contributed by atoms with Crippen LogP contribution in [0, 0.1) is 0 Å². The molecule has 2 aromatic rings. The van der Waals surface area contributed by atoms with Crippen LogP contribution in [0.5, 0.6) is 0 Å². The van der Waals surface area contributed by atoms with Gasteiger partial charge in [-0.15, -0.1) is 11.8 Å². The quantitative estimate of drug-likeness (QED) is 0.628. The van der Waals surface area contributed by atoms with E-state index in [0.717, 1.165) is 4.90 Å². The number of hydrogen-bond donors (Lipinski definition) is 0. The van der Waals surface area contributed by atoms with E-state index in [4.69, 9.17) is 0 Å². The molecule has 0 spiro atoms. The SMILES string of the molecule is CSc1ccc(C(=O)Cn2ccn(C(C)C)c2=O)cc1. The molecule has 20 heavy (non-hydrogen) atoms. The van der Waals surface area contributed by atoms with E-state index in [9.17, 15) is 9.59 Å². The monoisotopic (exact) mass is 290 g/mol. The standard InChI is InChI=1S/C15H18N2O2S/c1-11(2)17-9-8-16(15(17)19)10-14(18)12-4-6-13(20-3)7-5-12/h4-9,11H,10H2,1-3H3. The summed E-state index contributed by atoms with van der Waals surface area (Å²) < 4.78 is 3.06. The van der Waals surface area contributed by atoms with Crippen molar-refractivity contribution in [2.45, 2.75) is 31.3 Å². The van der Waals surface area contributed by atoms with Crippen molar-refractivity contribution < 1.29 is 4.79 Å². The molecule has 0 aliphatic heterocycles. The number of Topliss-reactive ketones (excluding diaryl/α,β-unsaturated/α-hetero) is 1. The van der Waals surface area contributed by atoms with Crippen LogP contribution in [0.3, 0.4) is 0 Å². The highest BCUT2D eigenvalue weighted by Crippen LogP contribution is 2.15. The molecule has 1 aromatic heterocycles. The first kappa shape index (κ1) is 14.7. The van der Waals surface area contributed by atoms with Gasteiger partial charge in [-0.25, -0.2) is 4.79 Å². The average Bonchev–Trinajstić information content (AvgIpc) is 2.80. The van der Waals surface area contributed by atoms with Gasteiger partial charge >= 0.3 is 5.69 Å². The van der Waals surface area contributed by atoms with Gasteiger partial charge in [0.15, 0.2) is 5.78 Å². The summed E-state index contributed by atoms with van der Waals surface area (Å²) in [5.74, 6) is -0.0544. The molecule has 0 fully saturated rings. The number of aromatic nitrogens is 2. The number of rotatable bonds is 5. The number of carbonyl (C=O) groups is 1. The molecule has 0 saturated heterocycles. The Labute approximate surface area is 122 Å². The third-order valence-corrected chi connectivity index (χ3v) is 3.90. The van der Waals surface area contributed by atoms with E-state index in [2.05, 4.69) is 0 Å². The number of hydrogen-bond acceptors (Lipinski definition) is 3. The van der Waals surface area contributed by atoms with E-state index >= 15 is 0 Å². The lowest BCUT2D eigenvalue weighted by Gasteiger charge is -2.05. The Morgan fingerprint density at radius 2 is 1.85 bits per heavy atom. The number of thioether (sulfide) groups is 1. The van der Waals surface area contributed by atoms with Crippen LogP contribution >= 0.6 is 11.8 Å². The molecule has 0 unspecified atom stereocenters. The fourth-order valence-electron chi connectivity index (χ4n) is 1.96. The highest BCUT2D eigenvalue weighted by molar-refractivity contribution is 7.98. The van der Waals surface area contributed by atoms with E-state index in [1.165, 1.54) is 4.57 Å². The predicted molar refractivity (Wildman–Crippen MR) is 81.6 cm³/mol. The Morgan fingerprint density at radius 3 is 2.35 bits per heavy atom. The number of benzene rings is 1. The maximum absolute atomic E-state index is 12.2. The van der Waals surface area contributed by atoms with Gasteiger partial charge in [0.05, 0.1) is 6.54 Å². The number of nitrogens with zero attached hydrogens (tertiary/aromatic N) is 2. The number of imidazole rings is 1. The van der Waals surface area contributed by atoms with Crippen molar-refractivity contribution in [3.63, 3.8) is 0 Å². The Balaban J connectivity index is 2.17. The van der Waals surface area contributed by atoms with E-state index < -0.39 is 0 Å². The first-order chi connectivity index (χ1) is 9.52. The third-order valence-electron chi connectivity index (χ3n) is 3.16. The van der Waals surface area contributed by atoms with E-state index in [-0.39, 0.29) is 24.1 Å². The molecule has 106 valence electrons. The zero-order valence-electron chi connectivity index (χ0n) is 11.9. The van der Waals surface area contributed by atoms with E-state index in [0.29, 0.717) is 5.56 Å². The maximum Gasteiger partial charge on any atom is 0.328 e. The van der Waals surface area contributed by atoms with Crippen molar-refractivity contribution in [1.29, 1.82) is 0 Å². The van der Waals surface area contributed by atoms with E-state index in [1.54, 1.807) is 40.9 Å². The molecule has 0 amide bonds. The van der Waals surface area contributed by atoms with Crippen LogP contribution in [-0.2, 0) is 6.54 Å². The van der Waals surface area contributed by atoms with Crippen LogP contribution in [0.2, 0.25) is 0 Å². The highest BCUT2D eigenvalue weighted by Gasteiger charge is 2.11. The summed E-state index contributed by atoms with van der Waals surface area (Å²) in [5.41, 5.74) is 0.487.